The highest BCUT2D eigenvalue weighted by molar-refractivity contribution is 5.40. The van der Waals surface area contributed by atoms with Crippen molar-refractivity contribution in [2.24, 2.45) is 5.92 Å². The third kappa shape index (κ3) is 2.05. The zero-order chi connectivity index (χ0) is 12.8. The Morgan fingerprint density at radius 1 is 1.16 bits per heavy atom. The standard InChI is InChI=1S/C16H22N2O/c19-13-2-3-14-12(9-13)1-4-15(14)17-16-10-18-7-5-11(16)6-8-18/h2-3,9,11,15-17,19H,1,4-8,10H2. The molecule has 0 aromatic heterocycles. The number of aryl methyl sites for hydroxylation is 1. The van der Waals surface area contributed by atoms with Gasteiger partial charge in [0.1, 0.15) is 5.75 Å². The maximum Gasteiger partial charge on any atom is 0.115 e. The molecule has 0 amide bonds. The molecule has 3 heteroatoms. The molecule has 1 aromatic rings. The van der Waals surface area contributed by atoms with Gasteiger partial charge in [0.2, 0.25) is 0 Å². The number of rotatable bonds is 2. The molecular formula is C16H22N2O. The smallest absolute Gasteiger partial charge is 0.115 e. The number of nitrogens with zero attached hydrogens (tertiary/aromatic N) is 1. The maximum atomic E-state index is 9.56. The Balaban J connectivity index is 1.50. The molecular weight excluding hydrogens is 236 g/mol. The quantitative estimate of drug-likeness (QED) is 0.852. The predicted octanol–water partition coefficient (Wildman–Crippen LogP) is 2.06. The van der Waals surface area contributed by atoms with Crippen LogP contribution in [-0.2, 0) is 6.42 Å². The van der Waals surface area contributed by atoms with E-state index in [9.17, 15) is 5.11 Å². The minimum absolute atomic E-state index is 0.405. The summed E-state index contributed by atoms with van der Waals surface area (Å²) < 4.78 is 0. The first-order valence-corrected chi connectivity index (χ1v) is 7.60. The van der Waals surface area contributed by atoms with E-state index in [1.807, 2.05) is 12.1 Å². The van der Waals surface area contributed by atoms with Gasteiger partial charge in [-0.25, -0.2) is 0 Å². The summed E-state index contributed by atoms with van der Waals surface area (Å²) in [6.45, 7) is 3.84. The summed E-state index contributed by atoms with van der Waals surface area (Å²) in [4.78, 5) is 2.60. The van der Waals surface area contributed by atoms with Crippen LogP contribution in [-0.4, -0.2) is 35.7 Å². The van der Waals surface area contributed by atoms with Crippen LogP contribution in [0.4, 0.5) is 0 Å². The van der Waals surface area contributed by atoms with Crippen molar-refractivity contribution in [1.82, 2.24) is 10.2 Å². The van der Waals surface area contributed by atoms with Gasteiger partial charge >= 0.3 is 0 Å². The fraction of sp³-hybridized carbons (Fsp3) is 0.625. The highest BCUT2D eigenvalue weighted by Crippen LogP contribution is 2.36. The molecule has 2 atom stereocenters. The first kappa shape index (κ1) is 11.7. The molecule has 4 aliphatic rings. The van der Waals surface area contributed by atoms with E-state index in [4.69, 9.17) is 0 Å². The van der Waals surface area contributed by atoms with Gasteiger partial charge in [-0.05, 0) is 68.0 Å². The summed E-state index contributed by atoms with van der Waals surface area (Å²) in [5.41, 5.74) is 2.74. The zero-order valence-corrected chi connectivity index (χ0v) is 11.3. The number of fused-ring (bicyclic) bond motifs is 4. The molecule has 102 valence electrons. The van der Waals surface area contributed by atoms with Crippen LogP contribution < -0.4 is 5.32 Å². The van der Waals surface area contributed by atoms with Gasteiger partial charge in [-0.3, -0.25) is 0 Å². The summed E-state index contributed by atoms with van der Waals surface area (Å²) in [5, 5.41) is 13.5. The molecule has 0 spiro atoms. The summed E-state index contributed by atoms with van der Waals surface area (Å²) >= 11 is 0. The van der Waals surface area contributed by atoms with Crippen molar-refractivity contribution in [2.75, 3.05) is 19.6 Å². The molecule has 3 aliphatic heterocycles. The van der Waals surface area contributed by atoms with Crippen molar-refractivity contribution in [3.63, 3.8) is 0 Å². The van der Waals surface area contributed by atoms with Crippen LogP contribution in [0.1, 0.15) is 36.4 Å². The average molecular weight is 258 g/mol. The van der Waals surface area contributed by atoms with Gasteiger partial charge in [0.05, 0.1) is 0 Å². The third-order valence-electron chi connectivity index (χ3n) is 5.28. The molecule has 3 fully saturated rings. The van der Waals surface area contributed by atoms with E-state index in [0.29, 0.717) is 17.8 Å². The minimum Gasteiger partial charge on any atom is -0.508 e. The molecule has 2 unspecified atom stereocenters. The van der Waals surface area contributed by atoms with Crippen LogP contribution >= 0.6 is 0 Å². The first-order chi connectivity index (χ1) is 9.29. The number of nitrogens with one attached hydrogen (secondary N) is 1. The monoisotopic (exact) mass is 258 g/mol. The van der Waals surface area contributed by atoms with Gasteiger partial charge in [0.15, 0.2) is 0 Å². The minimum atomic E-state index is 0.405. The second kappa shape index (κ2) is 4.50. The van der Waals surface area contributed by atoms with Crippen molar-refractivity contribution in [1.29, 1.82) is 0 Å². The lowest BCUT2D eigenvalue weighted by atomic mass is 9.83. The van der Waals surface area contributed by atoms with E-state index in [-0.39, 0.29) is 0 Å². The lowest BCUT2D eigenvalue weighted by Crippen LogP contribution is -2.56. The Kier molecular flexibility index (Phi) is 2.78. The van der Waals surface area contributed by atoms with Crippen LogP contribution in [0.15, 0.2) is 18.2 Å². The van der Waals surface area contributed by atoms with Crippen molar-refractivity contribution >= 4 is 0 Å². The molecule has 3 heterocycles. The number of hydrogen-bond donors (Lipinski definition) is 2. The van der Waals surface area contributed by atoms with Crippen molar-refractivity contribution in [3.05, 3.63) is 29.3 Å². The lowest BCUT2D eigenvalue weighted by molar-refractivity contribution is 0.0670. The van der Waals surface area contributed by atoms with E-state index in [1.165, 1.54) is 50.0 Å². The van der Waals surface area contributed by atoms with Gasteiger partial charge in [-0.1, -0.05) is 6.07 Å². The summed E-state index contributed by atoms with van der Waals surface area (Å²) in [6.07, 6.45) is 5.02. The molecule has 2 bridgehead atoms. The highest BCUT2D eigenvalue weighted by Gasteiger charge is 2.36. The fourth-order valence-corrected chi connectivity index (χ4v) is 4.19. The number of hydrogen-bond acceptors (Lipinski definition) is 3. The number of phenols is 1. The van der Waals surface area contributed by atoms with E-state index in [1.54, 1.807) is 0 Å². The van der Waals surface area contributed by atoms with Crippen LogP contribution in [0.2, 0.25) is 0 Å². The number of benzene rings is 1. The molecule has 2 N–H and O–H groups in total. The molecule has 0 saturated carbocycles. The average Bonchev–Trinajstić information content (AvgIpc) is 2.82. The maximum absolute atomic E-state index is 9.56. The Hall–Kier alpha value is -1.06. The molecule has 19 heavy (non-hydrogen) atoms. The van der Waals surface area contributed by atoms with Gasteiger partial charge in [-0.15, -0.1) is 0 Å². The second-order valence-corrected chi connectivity index (χ2v) is 6.39. The Morgan fingerprint density at radius 3 is 2.74 bits per heavy atom. The molecule has 3 nitrogen and oxygen atoms in total. The van der Waals surface area contributed by atoms with Crippen LogP contribution in [0.25, 0.3) is 0 Å². The summed E-state index contributed by atoms with van der Waals surface area (Å²) in [7, 11) is 0. The van der Waals surface area contributed by atoms with Gasteiger partial charge in [0.25, 0.3) is 0 Å². The van der Waals surface area contributed by atoms with Crippen molar-refractivity contribution < 1.29 is 5.11 Å². The van der Waals surface area contributed by atoms with E-state index >= 15 is 0 Å². The number of phenolic OH excluding ortho intramolecular Hbond substituents is 1. The van der Waals surface area contributed by atoms with E-state index in [2.05, 4.69) is 16.3 Å². The highest BCUT2D eigenvalue weighted by atomic mass is 16.3. The molecule has 1 aliphatic carbocycles. The normalized spacial score (nSPS) is 36.4. The van der Waals surface area contributed by atoms with Crippen LogP contribution in [0.5, 0.6) is 5.75 Å². The largest absolute Gasteiger partial charge is 0.508 e. The zero-order valence-electron chi connectivity index (χ0n) is 11.3. The first-order valence-electron chi connectivity index (χ1n) is 7.60. The molecule has 5 rings (SSSR count). The fourth-order valence-electron chi connectivity index (χ4n) is 4.19. The molecule has 3 saturated heterocycles. The van der Waals surface area contributed by atoms with Gasteiger partial charge in [-0.2, -0.15) is 0 Å². The van der Waals surface area contributed by atoms with Crippen molar-refractivity contribution in [3.8, 4) is 5.75 Å². The SMILES string of the molecule is Oc1ccc2c(c1)CCC2NC1CN2CCC1CC2. The van der Waals surface area contributed by atoms with Gasteiger partial charge < -0.3 is 15.3 Å². The van der Waals surface area contributed by atoms with Crippen LogP contribution in [0, 0.1) is 5.92 Å². The topological polar surface area (TPSA) is 35.5 Å². The van der Waals surface area contributed by atoms with E-state index < -0.39 is 0 Å². The summed E-state index contributed by atoms with van der Waals surface area (Å²) in [5.74, 6) is 1.29. The molecule has 1 aromatic carbocycles. The third-order valence-corrected chi connectivity index (χ3v) is 5.28. The molecule has 0 radical (unpaired) electrons. The van der Waals surface area contributed by atoms with Crippen molar-refractivity contribution in [2.45, 2.75) is 37.8 Å². The Morgan fingerprint density at radius 2 is 2.00 bits per heavy atom. The second-order valence-electron chi connectivity index (χ2n) is 6.39. The Bertz CT molecular complexity index is 480. The Labute approximate surface area is 114 Å². The summed E-state index contributed by atoms with van der Waals surface area (Å²) in [6, 6.07) is 7.05. The number of piperidine rings is 3. The van der Waals surface area contributed by atoms with Gasteiger partial charge in [0, 0.05) is 18.6 Å². The van der Waals surface area contributed by atoms with E-state index in [0.717, 1.165) is 12.3 Å². The predicted molar refractivity (Wildman–Crippen MR) is 75.3 cm³/mol. The number of aromatic hydroxyl groups is 1. The van der Waals surface area contributed by atoms with Crippen LogP contribution in [0.3, 0.4) is 0 Å². The lowest BCUT2D eigenvalue weighted by Gasteiger charge is -2.46.